The van der Waals surface area contributed by atoms with Crippen LogP contribution in [0.15, 0.2) is 12.7 Å². The Morgan fingerprint density at radius 1 is 1.40 bits per heavy atom. The second-order valence-corrected chi connectivity index (χ2v) is 11.4. The number of rotatable bonds is 8. The lowest BCUT2D eigenvalue weighted by atomic mass is 9.99. The van der Waals surface area contributed by atoms with Crippen molar-refractivity contribution in [2.45, 2.75) is 57.8 Å². The van der Waals surface area contributed by atoms with Crippen molar-refractivity contribution in [1.29, 1.82) is 0 Å². The van der Waals surface area contributed by atoms with Crippen molar-refractivity contribution in [3.05, 3.63) is 12.7 Å². The van der Waals surface area contributed by atoms with Crippen LogP contribution in [0.1, 0.15) is 33.6 Å². The summed E-state index contributed by atoms with van der Waals surface area (Å²) in [5.74, 6) is -1.11. The SMILES string of the molecule is C=C[C@@H](C(=O)OC)[C@@H](O)CCCO[Si](C)(C)C(C)(C)C. The minimum absolute atomic E-state index is 0.182. The summed E-state index contributed by atoms with van der Waals surface area (Å²) in [5.41, 5.74) is 0. The summed E-state index contributed by atoms with van der Waals surface area (Å²) < 4.78 is 10.7. The molecule has 0 rings (SSSR count). The van der Waals surface area contributed by atoms with Gasteiger partial charge in [-0.3, -0.25) is 4.79 Å². The predicted molar refractivity (Wildman–Crippen MR) is 84.1 cm³/mol. The molecule has 0 aromatic heterocycles. The third-order valence-electron chi connectivity index (χ3n) is 4.06. The molecule has 118 valence electrons. The maximum Gasteiger partial charge on any atom is 0.315 e. The third kappa shape index (κ3) is 5.77. The molecule has 0 saturated carbocycles. The Labute approximate surface area is 124 Å². The highest BCUT2D eigenvalue weighted by Crippen LogP contribution is 2.36. The van der Waals surface area contributed by atoms with Gasteiger partial charge in [0.15, 0.2) is 8.32 Å². The zero-order valence-corrected chi connectivity index (χ0v) is 14.7. The number of carbonyl (C=O) groups excluding carboxylic acids is 1. The maximum atomic E-state index is 11.4. The van der Waals surface area contributed by atoms with E-state index in [2.05, 4.69) is 45.2 Å². The quantitative estimate of drug-likeness (QED) is 0.324. The molecule has 0 unspecified atom stereocenters. The Balaban J connectivity index is 4.19. The van der Waals surface area contributed by atoms with E-state index in [1.165, 1.54) is 13.2 Å². The van der Waals surface area contributed by atoms with Crippen LogP contribution in [0.2, 0.25) is 18.1 Å². The molecule has 0 bridgehead atoms. The number of ether oxygens (including phenoxy) is 1. The standard InChI is InChI=1S/C15H30O4Si/c1-8-12(14(17)18-5)13(16)10-9-11-19-20(6,7)15(2,3)4/h8,12-13,16H,1,9-11H2,2-7H3/t12-,13+/m1/s1. The van der Waals surface area contributed by atoms with Gasteiger partial charge >= 0.3 is 5.97 Å². The van der Waals surface area contributed by atoms with Gasteiger partial charge in [0.25, 0.3) is 0 Å². The zero-order chi connectivity index (χ0) is 16.0. The highest BCUT2D eigenvalue weighted by molar-refractivity contribution is 6.74. The summed E-state index contributed by atoms with van der Waals surface area (Å²) in [6.45, 7) is 15.2. The smallest absolute Gasteiger partial charge is 0.315 e. The minimum Gasteiger partial charge on any atom is -0.468 e. The van der Waals surface area contributed by atoms with E-state index in [-0.39, 0.29) is 5.04 Å². The van der Waals surface area contributed by atoms with Crippen LogP contribution < -0.4 is 0 Å². The Morgan fingerprint density at radius 2 is 1.95 bits per heavy atom. The van der Waals surface area contributed by atoms with Crippen molar-refractivity contribution in [3.63, 3.8) is 0 Å². The molecule has 0 radical (unpaired) electrons. The van der Waals surface area contributed by atoms with Crippen LogP contribution in [0.5, 0.6) is 0 Å². The van der Waals surface area contributed by atoms with Crippen molar-refractivity contribution >= 4 is 14.3 Å². The zero-order valence-electron chi connectivity index (χ0n) is 13.7. The van der Waals surface area contributed by atoms with E-state index in [1.807, 2.05) is 0 Å². The van der Waals surface area contributed by atoms with E-state index in [0.29, 0.717) is 13.0 Å². The maximum absolute atomic E-state index is 11.4. The third-order valence-corrected chi connectivity index (χ3v) is 8.59. The minimum atomic E-state index is -1.73. The monoisotopic (exact) mass is 302 g/mol. The fraction of sp³-hybridized carbons (Fsp3) is 0.800. The number of aliphatic hydroxyl groups is 1. The first-order chi connectivity index (χ1) is 9.06. The van der Waals surface area contributed by atoms with E-state index in [4.69, 9.17) is 4.43 Å². The Morgan fingerprint density at radius 3 is 2.35 bits per heavy atom. The van der Waals surface area contributed by atoms with Crippen LogP contribution in [0.25, 0.3) is 0 Å². The van der Waals surface area contributed by atoms with Gasteiger partial charge < -0.3 is 14.3 Å². The molecule has 1 N–H and O–H groups in total. The number of esters is 1. The predicted octanol–water partition coefficient (Wildman–Crippen LogP) is 3.12. The lowest BCUT2D eigenvalue weighted by Gasteiger charge is -2.36. The molecule has 0 aromatic carbocycles. The largest absolute Gasteiger partial charge is 0.468 e. The van der Waals surface area contributed by atoms with Crippen molar-refractivity contribution in [3.8, 4) is 0 Å². The van der Waals surface area contributed by atoms with E-state index in [9.17, 15) is 9.90 Å². The molecule has 0 aliphatic heterocycles. The average molecular weight is 302 g/mol. The summed E-state index contributed by atoms with van der Waals surface area (Å²) in [6.07, 6.45) is 1.89. The van der Waals surface area contributed by atoms with E-state index < -0.39 is 26.3 Å². The number of aliphatic hydroxyl groups excluding tert-OH is 1. The number of hydrogen-bond acceptors (Lipinski definition) is 4. The van der Waals surface area contributed by atoms with Crippen LogP contribution in [0.3, 0.4) is 0 Å². The molecule has 0 saturated heterocycles. The van der Waals surface area contributed by atoms with Crippen molar-refractivity contribution < 1.29 is 19.1 Å². The number of methoxy groups -OCH3 is 1. The van der Waals surface area contributed by atoms with Gasteiger partial charge in [-0.2, -0.15) is 0 Å². The Hall–Kier alpha value is -0.653. The van der Waals surface area contributed by atoms with Gasteiger partial charge in [0.05, 0.1) is 13.2 Å². The fourth-order valence-electron chi connectivity index (χ4n) is 1.56. The summed E-state index contributed by atoms with van der Waals surface area (Å²) in [7, 11) is -0.423. The Bertz CT molecular complexity index is 320. The average Bonchev–Trinajstić information content (AvgIpc) is 2.33. The fourth-order valence-corrected chi connectivity index (χ4v) is 2.65. The van der Waals surface area contributed by atoms with Crippen LogP contribution in [-0.4, -0.2) is 39.2 Å². The van der Waals surface area contributed by atoms with E-state index in [1.54, 1.807) is 0 Å². The van der Waals surface area contributed by atoms with Gasteiger partial charge in [-0.05, 0) is 31.0 Å². The van der Waals surface area contributed by atoms with Crippen LogP contribution in [-0.2, 0) is 14.0 Å². The highest BCUT2D eigenvalue weighted by Gasteiger charge is 2.36. The van der Waals surface area contributed by atoms with Gasteiger partial charge in [0, 0.05) is 6.61 Å². The molecule has 4 nitrogen and oxygen atoms in total. The molecule has 0 spiro atoms. The highest BCUT2D eigenvalue weighted by atomic mass is 28.4. The first-order valence-electron chi connectivity index (χ1n) is 7.09. The molecule has 0 fully saturated rings. The van der Waals surface area contributed by atoms with Crippen LogP contribution in [0, 0.1) is 5.92 Å². The molecule has 5 heteroatoms. The lowest BCUT2D eigenvalue weighted by molar-refractivity contribution is -0.147. The summed E-state index contributed by atoms with van der Waals surface area (Å²) >= 11 is 0. The molecular weight excluding hydrogens is 272 g/mol. The van der Waals surface area contributed by atoms with E-state index in [0.717, 1.165) is 6.42 Å². The van der Waals surface area contributed by atoms with E-state index >= 15 is 0 Å². The second-order valence-electron chi connectivity index (χ2n) is 6.60. The van der Waals surface area contributed by atoms with Crippen LogP contribution >= 0.6 is 0 Å². The first-order valence-corrected chi connectivity index (χ1v) is 10.00. The molecule has 0 aliphatic carbocycles. The topological polar surface area (TPSA) is 55.8 Å². The number of hydrogen-bond donors (Lipinski definition) is 1. The molecule has 20 heavy (non-hydrogen) atoms. The molecule has 2 atom stereocenters. The Kier molecular flexibility index (Phi) is 7.69. The summed E-state index contributed by atoms with van der Waals surface area (Å²) in [6, 6.07) is 0. The summed E-state index contributed by atoms with van der Waals surface area (Å²) in [4.78, 5) is 11.4. The van der Waals surface area contributed by atoms with Gasteiger partial charge in [-0.25, -0.2) is 0 Å². The molecule has 0 amide bonds. The second kappa shape index (κ2) is 7.95. The van der Waals surface area contributed by atoms with Crippen molar-refractivity contribution in [2.24, 2.45) is 5.92 Å². The first kappa shape index (κ1) is 19.3. The molecule has 0 aliphatic rings. The number of carbonyl (C=O) groups is 1. The van der Waals surface area contributed by atoms with Gasteiger partial charge in [0.1, 0.15) is 5.92 Å². The normalized spacial score (nSPS) is 15.6. The van der Waals surface area contributed by atoms with Gasteiger partial charge in [-0.15, -0.1) is 6.58 Å². The van der Waals surface area contributed by atoms with Crippen molar-refractivity contribution in [2.75, 3.05) is 13.7 Å². The van der Waals surface area contributed by atoms with Gasteiger partial charge in [0.2, 0.25) is 0 Å². The van der Waals surface area contributed by atoms with Gasteiger partial charge in [-0.1, -0.05) is 26.8 Å². The van der Waals surface area contributed by atoms with Crippen molar-refractivity contribution in [1.82, 2.24) is 0 Å². The molecule has 0 heterocycles. The lowest BCUT2D eigenvalue weighted by Crippen LogP contribution is -2.41. The summed E-state index contributed by atoms with van der Waals surface area (Å²) in [5, 5.41) is 10.2. The molecule has 0 aromatic rings. The molecular formula is C15H30O4Si. The van der Waals surface area contributed by atoms with Crippen LogP contribution in [0.4, 0.5) is 0 Å².